The van der Waals surface area contributed by atoms with Crippen molar-refractivity contribution in [3.63, 3.8) is 0 Å². The average molecular weight is 468 g/mol. The minimum atomic E-state index is -0.275. The van der Waals surface area contributed by atoms with E-state index in [1.54, 1.807) is 43.8 Å². The molecule has 0 spiro atoms. The van der Waals surface area contributed by atoms with Crippen LogP contribution in [0.2, 0.25) is 5.02 Å². The largest absolute Gasteiger partial charge is 0.495 e. The van der Waals surface area contributed by atoms with E-state index in [0.717, 1.165) is 24.3 Å². The number of amides is 2. The number of nitrogens with zero attached hydrogens (tertiary/aromatic N) is 3. The topological polar surface area (TPSA) is 99.6 Å². The second kappa shape index (κ2) is 10.5. The van der Waals surface area contributed by atoms with Gasteiger partial charge in [0.1, 0.15) is 5.75 Å². The van der Waals surface area contributed by atoms with Crippen LogP contribution in [0.25, 0.3) is 0 Å². The van der Waals surface area contributed by atoms with E-state index >= 15 is 0 Å². The van der Waals surface area contributed by atoms with Gasteiger partial charge in [-0.25, -0.2) is 4.79 Å². The fourth-order valence-corrected chi connectivity index (χ4v) is 4.08. The number of pyridine rings is 2. The highest BCUT2D eigenvalue weighted by molar-refractivity contribution is 6.30. The molecule has 1 aliphatic rings. The molecule has 3 N–H and O–H groups in total. The van der Waals surface area contributed by atoms with E-state index in [1.807, 2.05) is 24.3 Å². The lowest BCUT2D eigenvalue weighted by Crippen LogP contribution is -2.51. The number of nitrogens with one attached hydrogen (secondary N) is 2. The zero-order valence-electron chi connectivity index (χ0n) is 18.2. The Kier molecular flexibility index (Phi) is 7.26. The van der Waals surface area contributed by atoms with E-state index in [0.29, 0.717) is 28.7 Å². The molecule has 0 bridgehead atoms. The number of carbonyl (C=O) groups excluding carboxylic acids is 1. The molecule has 33 heavy (non-hydrogen) atoms. The molecule has 3 aromatic rings. The molecule has 0 saturated carbocycles. The molecule has 2 atom stereocenters. The number of benzene rings is 1. The van der Waals surface area contributed by atoms with E-state index in [1.165, 1.54) is 0 Å². The quantitative estimate of drug-likeness (QED) is 0.509. The number of urea groups is 1. The van der Waals surface area contributed by atoms with Crippen LogP contribution in [0.3, 0.4) is 0 Å². The number of hydrogen-bond acceptors (Lipinski definition) is 6. The number of rotatable bonds is 6. The van der Waals surface area contributed by atoms with E-state index in [4.69, 9.17) is 16.3 Å². The van der Waals surface area contributed by atoms with Gasteiger partial charge in [0, 0.05) is 41.5 Å². The zero-order valence-corrected chi connectivity index (χ0v) is 19.0. The van der Waals surface area contributed by atoms with Crippen LogP contribution >= 0.6 is 11.6 Å². The van der Waals surface area contributed by atoms with Gasteiger partial charge in [-0.05, 0) is 55.0 Å². The van der Waals surface area contributed by atoms with Crippen molar-refractivity contribution in [2.45, 2.75) is 25.0 Å². The number of aliphatic hydroxyl groups is 1. The average Bonchev–Trinajstić information content (AvgIpc) is 2.86. The second-order valence-electron chi connectivity index (χ2n) is 7.84. The number of aliphatic hydroxyl groups excluding tert-OH is 1. The number of halogens is 1. The number of aromatic nitrogens is 2. The molecule has 172 valence electrons. The summed E-state index contributed by atoms with van der Waals surface area (Å²) in [6.07, 6.45) is 4.19. The number of carbonyl (C=O) groups is 1. The van der Waals surface area contributed by atoms with Crippen LogP contribution in [0.1, 0.15) is 23.7 Å². The SMILES string of the molecule is COc1ccc(C2CN(c3ccc(CO)nc3)CCC2NC(=O)Nc2ccc(Cl)cc2)nc1. The van der Waals surface area contributed by atoms with Crippen molar-refractivity contribution < 1.29 is 14.6 Å². The van der Waals surface area contributed by atoms with Gasteiger partial charge < -0.3 is 25.4 Å². The van der Waals surface area contributed by atoms with Crippen LogP contribution in [0.5, 0.6) is 5.75 Å². The molecule has 2 amide bonds. The molecule has 4 rings (SSSR count). The molecule has 2 aromatic heterocycles. The molecule has 0 radical (unpaired) electrons. The summed E-state index contributed by atoms with van der Waals surface area (Å²) in [5, 5.41) is 15.9. The standard InChI is InChI=1S/C24H26ClN5O3/c1-33-20-8-9-22(27-13-20)21-14-30(19-7-6-18(15-31)26-12-19)11-10-23(21)29-24(32)28-17-4-2-16(25)3-5-17/h2-9,12-13,21,23,31H,10-11,14-15H2,1H3,(H2,28,29,32). The third-order valence-electron chi connectivity index (χ3n) is 5.74. The van der Waals surface area contributed by atoms with Crippen LogP contribution in [0, 0.1) is 0 Å². The number of methoxy groups -OCH3 is 1. The van der Waals surface area contributed by atoms with Gasteiger partial charge in [-0.2, -0.15) is 0 Å². The monoisotopic (exact) mass is 467 g/mol. The predicted octanol–water partition coefficient (Wildman–Crippen LogP) is 3.82. The molecule has 9 heteroatoms. The van der Waals surface area contributed by atoms with Crippen LogP contribution in [-0.2, 0) is 6.61 Å². The summed E-state index contributed by atoms with van der Waals surface area (Å²) < 4.78 is 5.24. The van der Waals surface area contributed by atoms with Gasteiger partial charge >= 0.3 is 6.03 Å². The Labute approximate surface area is 197 Å². The van der Waals surface area contributed by atoms with Crippen molar-refractivity contribution >= 4 is 29.0 Å². The molecular formula is C24H26ClN5O3. The van der Waals surface area contributed by atoms with Gasteiger partial charge in [-0.15, -0.1) is 0 Å². The fraction of sp³-hybridized carbons (Fsp3) is 0.292. The minimum Gasteiger partial charge on any atom is -0.495 e. The summed E-state index contributed by atoms with van der Waals surface area (Å²) in [7, 11) is 1.60. The highest BCUT2D eigenvalue weighted by atomic mass is 35.5. The lowest BCUT2D eigenvalue weighted by atomic mass is 9.88. The molecule has 1 aliphatic heterocycles. The van der Waals surface area contributed by atoms with Crippen LogP contribution in [0.15, 0.2) is 60.9 Å². The van der Waals surface area contributed by atoms with Crippen molar-refractivity contribution in [2.24, 2.45) is 0 Å². The van der Waals surface area contributed by atoms with Crippen LogP contribution < -0.4 is 20.3 Å². The van der Waals surface area contributed by atoms with Gasteiger partial charge in [0.2, 0.25) is 0 Å². The number of ether oxygens (including phenoxy) is 1. The third kappa shape index (κ3) is 5.71. The van der Waals surface area contributed by atoms with Gasteiger partial charge in [0.05, 0.1) is 37.5 Å². The van der Waals surface area contributed by atoms with Crippen LogP contribution in [0.4, 0.5) is 16.2 Å². The Morgan fingerprint density at radius 3 is 2.61 bits per heavy atom. The lowest BCUT2D eigenvalue weighted by Gasteiger charge is -2.39. The van der Waals surface area contributed by atoms with Crippen LogP contribution in [-0.4, -0.2) is 47.3 Å². The van der Waals surface area contributed by atoms with E-state index in [-0.39, 0.29) is 24.6 Å². The van der Waals surface area contributed by atoms with Crippen molar-refractivity contribution in [3.05, 3.63) is 77.3 Å². The molecule has 2 unspecified atom stereocenters. The summed E-state index contributed by atoms with van der Waals surface area (Å²) in [4.78, 5) is 23.8. The van der Waals surface area contributed by atoms with Crippen molar-refractivity contribution in [1.82, 2.24) is 15.3 Å². The van der Waals surface area contributed by atoms with Crippen molar-refractivity contribution in [1.29, 1.82) is 0 Å². The summed E-state index contributed by atoms with van der Waals surface area (Å²) in [6.45, 7) is 1.32. The predicted molar refractivity (Wildman–Crippen MR) is 128 cm³/mol. The van der Waals surface area contributed by atoms with E-state index in [9.17, 15) is 9.90 Å². The van der Waals surface area contributed by atoms with Gasteiger partial charge in [0.25, 0.3) is 0 Å². The molecular weight excluding hydrogens is 442 g/mol. The van der Waals surface area contributed by atoms with E-state index < -0.39 is 0 Å². The Bertz CT molecular complexity index is 1060. The normalized spacial score (nSPS) is 18.0. The summed E-state index contributed by atoms with van der Waals surface area (Å²) in [5.74, 6) is 0.637. The number of piperidine rings is 1. The van der Waals surface area contributed by atoms with Crippen molar-refractivity contribution in [2.75, 3.05) is 30.4 Å². The minimum absolute atomic E-state index is 0.0434. The Morgan fingerprint density at radius 1 is 1.15 bits per heavy atom. The highest BCUT2D eigenvalue weighted by Crippen LogP contribution is 2.30. The first kappa shape index (κ1) is 22.8. The van der Waals surface area contributed by atoms with Gasteiger partial charge in [-0.3, -0.25) is 9.97 Å². The maximum atomic E-state index is 12.7. The maximum Gasteiger partial charge on any atom is 0.319 e. The van der Waals surface area contributed by atoms with Crippen molar-refractivity contribution in [3.8, 4) is 5.75 Å². The zero-order chi connectivity index (χ0) is 23.2. The second-order valence-corrected chi connectivity index (χ2v) is 8.28. The molecule has 3 heterocycles. The van der Waals surface area contributed by atoms with E-state index in [2.05, 4.69) is 25.5 Å². The molecule has 8 nitrogen and oxygen atoms in total. The first-order chi connectivity index (χ1) is 16.1. The first-order valence-corrected chi connectivity index (χ1v) is 11.1. The lowest BCUT2D eigenvalue weighted by molar-refractivity contribution is 0.243. The summed E-state index contributed by atoms with van der Waals surface area (Å²) in [5.41, 5.74) is 3.14. The first-order valence-electron chi connectivity index (χ1n) is 10.7. The Hall–Kier alpha value is -3.36. The maximum absolute atomic E-state index is 12.7. The molecule has 1 fully saturated rings. The Morgan fingerprint density at radius 2 is 1.97 bits per heavy atom. The van der Waals surface area contributed by atoms with Gasteiger partial charge in [0.15, 0.2) is 0 Å². The fourth-order valence-electron chi connectivity index (χ4n) is 3.96. The molecule has 0 aliphatic carbocycles. The summed E-state index contributed by atoms with van der Waals surface area (Å²) >= 11 is 5.93. The molecule has 1 saturated heterocycles. The highest BCUT2D eigenvalue weighted by Gasteiger charge is 2.33. The third-order valence-corrected chi connectivity index (χ3v) is 5.99. The van der Waals surface area contributed by atoms with Gasteiger partial charge in [-0.1, -0.05) is 11.6 Å². The number of hydrogen-bond donors (Lipinski definition) is 3. The Balaban J connectivity index is 1.51. The smallest absolute Gasteiger partial charge is 0.319 e. The summed E-state index contributed by atoms with van der Waals surface area (Å²) in [6, 6.07) is 14.2. The number of anilines is 2. The molecule has 1 aromatic carbocycles.